The Morgan fingerprint density at radius 3 is 2.80 bits per heavy atom. The van der Waals surface area contributed by atoms with E-state index in [4.69, 9.17) is 4.74 Å². The van der Waals surface area contributed by atoms with E-state index >= 15 is 0 Å². The first-order valence-corrected chi connectivity index (χ1v) is 9.93. The van der Waals surface area contributed by atoms with Gasteiger partial charge in [0.05, 0.1) is 16.5 Å². The van der Waals surface area contributed by atoms with E-state index in [1.807, 2.05) is 31.2 Å². The molecule has 0 spiro atoms. The molecule has 0 saturated carbocycles. The lowest BCUT2D eigenvalue weighted by Crippen LogP contribution is -2.31. The maximum atomic E-state index is 12.5. The highest BCUT2D eigenvalue weighted by Crippen LogP contribution is 2.17. The number of fused-ring (bicyclic) bond motifs is 2. The highest BCUT2D eigenvalue weighted by atomic mass is 16.5. The Morgan fingerprint density at radius 2 is 2.00 bits per heavy atom. The molecule has 154 valence electrons. The van der Waals surface area contributed by atoms with Gasteiger partial charge in [-0.3, -0.25) is 14.2 Å². The molecule has 7 heteroatoms. The minimum absolute atomic E-state index is 0.0829. The van der Waals surface area contributed by atoms with Crippen molar-refractivity contribution in [1.82, 2.24) is 14.5 Å². The van der Waals surface area contributed by atoms with Crippen molar-refractivity contribution in [3.05, 3.63) is 75.3 Å². The summed E-state index contributed by atoms with van der Waals surface area (Å²) < 4.78 is 6.89. The average Bonchev–Trinajstić information content (AvgIpc) is 3.22. The van der Waals surface area contributed by atoms with E-state index in [2.05, 4.69) is 4.98 Å². The van der Waals surface area contributed by atoms with Gasteiger partial charge in [-0.15, -0.1) is 0 Å². The molecule has 0 radical (unpaired) electrons. The monoisotopic (exact) mass is 405 g/mol. The van der Waals surface area contributed by atoms with Gasteiger partial charge >= 0.3 is 5.97 Å². The van der Waals surface area contributed by atoms with Crippen LogP contribution in [-0.4, -0.2) is 40.0 Å². The van der Waals surface area contributed by atoms with Crippen molar-refractivity contribution in [3.8, 4) is 0 Å². The third-order valence-electron chi connectivity index (χ3n) is 5.47. The smallest absolute Gasteiger partial charge is 0.338 e. The van der Waals surface area contributed by atoms with Gasteiger partial charge in [0.25, 0.3) is 11.5 Å². The number of hydrogen-bond donors (Lipinski definition) is 0. The highest BCUT2D eigenvalue weighted by Gasteiger charge is 2.18. The summed E-state index contributed by atoms with van der Waals surface area (Å²) in [6.07, 6.45) is 1.65. The van der Waals surface area contributed by atoms with Crippen molar-refractivity contribution < 1.29 is 14.3 Å². The standard InChI is InChI=1S/C23H23N3O4/c1-15-6-3-4-7-17(15)13-25(2)21(27)14-30-23(29)16-9-10-18-19(12-16)24-20-8-5-11-26(20)22(18)28/h3-4,6-7,9-10,12H,5,8,11,13-14H2,1-2H3. The van der Waals surface area contributed by atoms with Crippen LogP contribution in [0.5, 0.6) is 0 Å². The van der Waals surface area contributed by atoms with E-state index in [0.717, 1.165) is 29.8 Å². The van der Waals surface area contributed by atoms with Crippen molar-refractivity contribution in [1.29, 1.82) is 0 Å². The number of hydrogen-bond acceptors (Lipinski definition) is 5. The number of likely N-dealkylation sites (N-methyl/N-ethyl adjacent to an activating group) is 1. The first kappa shape index (κ1) is 19.8. The van der Waals surface area contributed by atoms with Crippen LogP contribution in [0.25, 0.3) is 10.9 Å². The first-order chi connectivity index (χ1) is 14.4. The van der Waals surface area contributed by atoms with Crippen molar-refractivity contribution in [2.75, 3.05) is 13.7 Å². The minimum Gasteiger partial charge on any atom is -0.452 e. The number of nitrogens with zero attached hydrogens (tertiary/aromatic N) is 3. The third-order valence-corrected chi connectivity index (χ3v) is 5.47. The van der Waals surface area contributed by atoms with Gasteiger partial charge in [0.1, 0.15) is 5.82 Å². The Balaban J connectivity index is 1.43. The molecule has 0 aliphatic carbocycles. The van der Waals surface area contributed by atoms with Gasteiger partial charge in [0.15, 0.2) is 6.61 Å². The molecular weight excluding hydrogens is 382 g/mol. The van der Waals surface area contributed by atoms with Gasteiger partial charge in [-0.05, 0) is 42.7 Å². The van der Waals surface area contributed by atoms with Crippen molar-refractivity contribution in [2.45, 2.75) is 32.9 Å². The summed E-state index contributed by atoms with van der Waals surface area (Å²) in [5.74, 6) is -0.162. The van der Waals surface area contributed by atoms with E-state index in [1.54, 1.807) is 23.7 Å². The molecule has 0 saturated heterocycles. The molecule has 3 aromatic rings. The van der Waals surface area contributed by atoms with Gasteiger partial charge in [-0.25, -0.2) is 9.78 Å². The van der Waals surface area contributed by atoms with Gasteiger partial charge < -0.3 is 9.64 Å². The van der Waals surface area contributed by atoms with Gasteiger partial charge in [0.2, 0.25) is 0 Å². The lowest BCUT2D eigenvalue weighted by atomic mass is 10.1. The van der Waals surface area contributed by atoms with E-state index < -0.39 is 5.97 Å². The van der Waals surface area contributed by atoms with E-state index in [-0.39, 0.29) is 23.6 Å². The third kappa shape index (κ3) is 3.83. The summed E-state index contributed by atoms with van der Waals surface area (Å²) in [5, 5.41) is 0.478. The van der Waals surface area contributed by atoms with Crippen LogP contribution in [-0.2, 0) is 29.0 Å². The number of aryl methyl sites for hydroxylation is 2. The molecule has 1 amide bonds. The molecule has 1 aliphatic rings. The molecule has 30 heavy (non-hydrogen) atoms. The summed E-state index contributed by atoms with van der Waals surface area (Å²) in [6.45, 7) is 2.76. The molecule has 2 aromatic carbocycles. The summed E-state index contributed by atoms with van der Waals surface area (Å²) in [7, 11) is 1.68. The summed E-state index contributed by atoms with van der Waals surface area (Å²) in [4.78, 5) is 43.4. The van der Waals surface area contributed by atoms with Crippen LogP contribution in [0.3, 0.4) is 0 Å². The molecule has 0 bridgehead atoms. The molecule has 7 nitrogen and oxygen atoms in total. The number of esters is 1. The average molecular weight is 405 g/mol. The van der Waals surface area contributed by atoms with Crippen LogP contribution in [0.15, 0.2) is 47.3 Å². The Morgan fingerprint density at radius 1 is 1.20 bits per heavy atom. The Kier molecular flexibility index (Phi) is 5.35. The predicted octanol–water partition coefficient (Wildman–Crippen LogP) is 2.47. The second kappa shape index (κ2) is 8.10. The molecule has 0 unspecified atom stereocenters. The second-order valence-electron chi connectivity index (χ2n) is 7.57. The van der Waals surface area contributed by atoms with Crippen LogP contribution in [0.2, 0.25) is 0 Å². The normalized spacial score (nSPS) is 12.6. The SMILES string of the molecule is Cc1ccccc1CN(C)C(=O)COC(=O)c1ccc2c(=O)n3c(nc2c1)CCC3. The van der Waals surface area contributed by atoms with E-state index in [1.165, 1.54) is 11.0 Å². The zero-order valence-corrected chi connectivity index (χ0v) is 17.1. The number of rotatable bonds is 5. The quantitative estimate of drug-likeness (QED) is 0.609. The molecule has 1 aliphatic heterocycles. The zero-order valence-electron chi connectivity index (χ0n) is 17.1. The predicted molar refractivity (Wildman–Crippen MR) is 112 cm³/mol. The molecule has 0 N–H and O–H groups in total. The van der Waals surface area contributed by atoms with Crippen LogP contribution >= 0.6 is 0 Å². The van der Waals surface area contributed by atoms with E-state index in [0.29, 0.717) is 24.0 Å². The number of carbonyl (C=O) groups is 2. The Bertz CT molecular complexity index is 1200. The van der Waals surface area contributed by atoms with Gasteiger partial charge in [0, 0.05) is 26.6 Å². The van der Waals surface area contributed by atoms with Crippen molar-refractivity contribution >= 4 is 22.8 Å². The fraction of sp³-hybridized carbons (Fsp3) is 0.304. The number of benzene rings is 2. The molecule has 1 aromatic heterocycles. The first-order valence-electron chi connectivity index (χ1n) is 9.93. The summed E-state index contributed by atoms with van der Waals surface area (Å²) in [6, 6.07) is 12.5. The molecule has 4 rings (SSSR count). The fourth-order valence-electron chi connectivity index (χ4n) is 3.66. The number of amides is 1. The van der Waals surface area contributed by atoms with Gasteiger partial charge in [-0.1, -0.05) is 24.3 Å². The summed E-state index contributed by atoms with van der Waals surface area (Å²) in [5.41, 5.74) is 2.80. The van der Waals surface area contributed by atoms with Crippen LogP contribution in [0.1, 0.15) is 33.7 Å². The number of carbonyl (C=O) groups excluding carboxylic acids is 2. The maximum Gasteiger partial charge on any atom is 0.338 e. The van der Waals surface area contributed by atoms with Crippen LogP contribution in [0, 0.1) is 6.92 Å². The number of ether oxygens (including phenoxy) is 1. The van der Waals surface area contributed by atoms with Gasteiger partial charge in [-0.2, -0.15) is 0 Å². The second-order valence-corrected chi connectivity index (χ2v) is 7.57. The molecule has 2 heterocycles. The number of aromatic nitrogens is 2. The van der Waals surface area contributed by atoms with E-state index in [9.17, 15) is 14.4 Å². The topological polar surface area (TPSA) is 81.5 Å². The van der Waals surface area contributed by atoms with Crippen LogP contribution in [0.4, 0.5) is 0 Å². The Hall–Kier alpha value is -3.48. The highest BCUT2D eigenvalue weighted by molar-refractivity contribution is 5.95. The maximum absolute atomic E-state index is 12.5. The summed E-state index contributed by atoms with van der Waals surface area (Å²) >= 11 is 0. The van der Waals surface area contributed by atoms with Crippen LogP contribution < -0.4 is 5.56 Å². The van der Waals surface area contributed by atoms with Crippen molar-refractivity contribution in [3.63, 3.8) is 0 Å². The lowest BCUT2D eigenvalue weighted by Gasteiger charge is -2.18. The minimum atomic E-state index is -0.614. The lowest BCUT2D eigenvalue weighted by molar-refractivity contribution is -0.133. The van der Waals surface area contributed by atoms with Crippen molar-refractivity contribution in [2.24, 2.45) is 0 Å². The molecule has 0 fully saturated rings. The molecular formula is C23H23N3O4. The Labute approximate surface area is 173 Å². The molecule has 0 atom stereocenters. The fourth-order valence-corrected chi connectivity index (χ4v) is 3.66. The largest absolute Gasteiger partial charge is 0.452 e. The zero-order chi connectivity index (χ0) is 21.3.